The van der Waals surface area contributed by atoms with Gasteiger partial charge in [-0.1, -0.05) is 30.3 Å². The standard InChI is InChI=1S/C14H15NO3/c16-11-7-4-8-12-13(11)15(14(17)18-12)9-10-5-2-1-3-6-10/h1-3,5-6,12-13H,4,7-9H2/t12-,13+/m0/s1. The Hall–Kier alpha value is -1.84. The van der Waals surface area contributed by atoms with E-state index in [2.05, 4.69) is 0 Å². The maximum absolute atomic E-state index is 11.9. The second kappa shape index (κ2) is 4.44. The zero-order chi connectivity index (χ0) is 12.5. The summed E-state index contributed by atoms with van der Waals surface area (Å²) >= 11 is 0. The summed E-state index contributed by atoms with van der Waals surface area (Å²) in [6.45, 7) is 0.451. The Morgan fingerprint density at radius 2 is 2.00 bits per heavy atom. The molecule has 2 aliphatic rings. The van der Waals surface area contributed by atoms with Crippen molar-refractivity contribution in [3.63, 3.8) is 0 Å². The number of ether oxygens (including phenoxy) is 1. The summed E-state index contributed by atoms with van der Waals surface area (Å²) in [5.41, 5.74) is 1.02. The Bertz CT molecular complexity index is 471. The minimum atomic E-state index is -0.369. The van der Waals surface area contributed by atoms with E-state index in [9.17, 15) is 9.59 Å². The zero-order valence-corrected chi connectivity index (χ0v) is 10.0. The summed E-state index contributed by atoms with van der Waals surface area (Å²) in [5, 5.41) is 0. The molecular formula is C14H15NO3. The van der Waals surface area contributed by atoms with Crippen molar-refractivity contribution in [2.24, 2.45) is 0 Å². The van der Waals surface area contributed by atoms with E-state index in [0.29, 0.717) is 13.0 Å². The third kappa shape index (κ3) is 1.88. The number of fused-ring (bicyclic) bond motifs is 1. The van der Waals surface area contributed by atoms with Gasteiger partial charge in [-0.05, 0) is 18.4 Å². The highest BCUT2D eigenvalue weighted by molar-refractivity contribution is 5.91. The Labute approximate surface area is 106 Å². The number of hydrogen-bond acceptors (Lipinski definition) is 3. The molecule has 1 aliphatic heterocycles. The van der Waals surface area contributed by atoms with Gasteiger partial charge in [0.15, 0.2) is 5.78 Å². The minimum absolute atomic E-state index is 0.132. The van der Waals surface area contributed by atoms with Gasteiger partial charge in [0.1, 0.15) is 12.1 Å². The molecule has 1 aromatic carbocycles. The number of Topliss-reactive ketones (excluding diaryl/α,β-unsaturated/α-hetero) is 1. The quantitative estimate of drug-likeness (QED) is 0.801. The van der Waals surface area contributed by atoms with Crippen molar-refractivity contribution in [2.45, 2.75) is 38.0 Å². The molecular weight excluding hydrogens is 230 g/mol. The lowest BCUT2D eigenvalue weighted by Crippen LogP contribution is -2.44. The number of rotatable bonds is 2. The lowest BCUT2D eigenvalue weighted by Gasteiger charge is -2.26. The highest BCUT2D eigenvalue weighted by atomic mass is 16.6. The molecule has 4 heteroatoms. The molecule has 2 fully saturated rings. The maximum Gasteiger partial charge on any atom is 0.411 e. The fraction of sp³-hybridized carbons (Fsp3) is 0.429. The van der Waals surface area contributed by atoms with Crippen LogP contribution in [0.2, 0.25) is 0 Å². The van der Waals surface area contributed by atoms with E-state index >= 15 is 0 Å². The molecule has 0 N–H and O–H groups in total. The van der Waals surface area contributed by atoms with E-state index in [1.807, 2.05) is 30.3 Å². The first-order chi connectivity index (χ1) is 8.75. The third-order valence-electron chi connectivity index (χ3n) is 3.61. The average molecular weight is 245 g/mol. The normalized spacial score (nSPS) is 27.0. The van der Waals surface area contributed by atoms with Crippen LogP contribution >= 0.6 is 0 Å². The second-order valence-corrected chi connectivity index (χ2v) is 4.84. The molecule has 1 saturated carbocycles. The zero-order valence-electron chi connectivity index (χ0n) is 10.0. The van der Waals surface area contributed by atoms with Crippen LogP contribution in [0.25, 0.3) is 0 Å². The third-order valence-corrected chi connectivity index (χ3v) is 3.61. The van der Waals surface area contributed by atoms with Gasteiger partial charge < -0.3 is 4.74 Å². The van der Waals surface area contributed by atoms with Crippen LogP contribution in [0.15, 0.2) is 30.3 Å². The van der Waals surface area contributed by atoms with Crippen molar-refractivity contribution in [2.75, 3.05) is 0 Å². The van der Waals surface area contributed by atoms with Gasteiger partial charge in [-0.25, -0.2) is 4.79 Å². The van der Waals surface area contributed by atoms with E-state index in [4.69, 9.17) is 4.74 Å². The van der Waals surface area contributed by atoms with E-state index in [1.54, 1.807) is 4.90 Å². The van der Waals surface area contributed by atoms with Crippen molar-refractivity contribution in [1.82, 2.24) is 4.90 Å². The number of carbonyl (C=O) groups excluding carboxylic acids is 2. The maximum atomic E-state index is 11.9. The molecule has 18 heavy (non-hydrogen) atoms. The number of ketones is 1. The fourth-order valence-corrected chi connectivity index (χ4v) is 2.74. The molecule has 1 aromatic rings. The van der Waals surface area contributed by atoms with Gasteiger partial charge in [-0.2, -0.15) is 0 Å². The van der Waals surface area contributed by atoms with E-state index < -0.39 is 0 Å². The van der Waals surface area contributed by atoms with Gasteiger partial charge in [0.2, 0.25) is 0 Å². The predicted octanol–water partition coefficient (Wildman–Crippen LogP) is 2.13. The molecule has 0 radical (unpaired) electrons. The van der Waals surface area contributed by atoms with Crippen LogP contribution in [0.5, 0.6) is 0 Å². The number of amides is 1. The molecule has 3 rings (SSSR count). The Kier molecular flexibility index (Phi) is 2.78. The summed E-state index contributed by atoms with van der Waals surface area (Å²) < 4.78 is 5.29. The van der Waals surface area contributed by atoms with Crippen LogP contribution in [0.4, 0.5) is 4.79 Å². The molecule has 2 atom stereocenters. The average Bonchev–Trinajstić information content (AvgIpc) is 2.69. The molecule has 0 spiro atoms. The Morgan fingerprint density at radius 1 is 1.22 bits per heavy atom. The summed E-state index contributed by atoms with van der Waals surface area (Å²) in [6.07, 6.45) is 1.59. The SMILES string of the molecule is O=C1CCC[C@@H]2OC(=O)N(Cc3ccccc3)[C@H]12. The molecule has 94 valence electrons. The summed E-state index contributed by atoms with van der Waals surface area (Å²) in [4.78, 5) is 25.4. The van der Waals surface area contributed by atoms with Crippen molar-refractivity contribution >= 4 is 11.9 Å². The van der Waals surface area contributed by atoms with Crippen LogP contribution in [-0.4, -0.2) is 28.9 Å². The van der Waals surface area contributed by atoms with E-state index in [1.165, 1.54) is 0 Å². The Balaban J connectivity index is 1.82. The molecule has 0 bridgehead atoms. The van der Waals surface area contributed by atoms with Gasteiger partial charge in [-0.3, -0.25) is 9.69 Å². The monoisotopic (exact) mass is 245 g/mol. The minimum Gasteiger partial charge on any atom is -0.443 e. The lowest BCUT2D eigenvalue weighted by atomic mass is 9.91. The fourth-order valence-electron chi connectivity index (χ4n) is 2.74. The molecule has 1 saturated heterocycles. The van der Waals surface area contributed by atoms with Gasteiger partial charge in [0.05, 0.1) is 0 Å². The number of hydrogen-bond donors (Lipinski definition) is 0. The topological polar surface area (TPSA) is 46.6 Å². The first kappa shape index (κ1) is 11.3. The lowest BCUT2D eigenvalue weighted by molar-refractivity contribution is -0.126. The van der Waals surface area contributed by atoms with Crippen LogP contribution < -0.4 is 0 Å². The largest absolute Gasteiger partial charge is 0.443 e. The van der Waals surface area contributed by atoms with Crippen molar-refractivity contribution in [3.8, 4) is 0 Å². The first-order valence-electron chi connectivity index (χ1n) is 6.29. The molecule has 1 amide bonds. The van der Waals surface area contributed by atoms with Crippen LogP contribution in [0.3, 0.4) is 0 Å². The molecule has 0 unspecified atom stereocenters. The smallest absolute Gasteiger partial charge is 0.411 e. The molecule has 0 aromatic heterocycles. The van der Waals surface area contributed by atoms with Gasteiger partial charge in [0, 0.05) is 13.0 Å². The summed E-state index contributed by atoms with van der Waals surface area (Å²) in [7, 11) is 0. The van der Waals surface area contributed by atoms with Crippen molar-refractivity contribution < 1.29 is 14.3 Å². The van der Waals surface area contributed by atoms with Crippen LogP contribution in [0, 0.1) is 0 Å². The van der Waals surface area contributed by atoms with Gasteiger partial charge in [-0.15, -0.1) is 0 Å². The van der Waals surface area contributed by atoms with E-state index in [0.717, 1.165) is 18.4 Å². The van der Waals surface area contributed by atoms with Crippen LogP contribution in [0.1, 0.15) is 24.8 Å². The van der Waals surface area contributed by atoms with E-state index in [-0.39, 0.29) is 24.0 Å². The number of nitrogens with zero attached hydrogens (tertiary/aromatic N) is 1. The second-order valence-electron chi connectivity index (χ2n) is 4.84. The first-order valence-corrected chi connectivity index (χ1v) is 6.29. The molecule has 4 nitrogen and oxygen atoms in total. The van der Waals surface area contributed by atoms with Gasteiger partial charge >= 0.3 is 6.09 Å². The molecule has 1 heterocycles. The highest BCUT2D eigenvalue weighted by Crippen LogP contribution is 2.30. The number of benzene rings is 1. The molecule has 1 aliphatic carbocycles. The predicted molar refractivity (Wildman–Crippen MR) is 64.9 cm³/mol. The highest BCUT2D eigenvalue weighted by Gasteiger charge is 2.47. The van der Waals surface area contributed by atoms with Crippen molar-refractivity contribution in [3.05, 3.63) is 35.9 Å². The summed E-state index contributed by atoms with van der Waals surface area (Å²) in [5.74, 6) is 0.132. The van der Waals surface area contributed by atoms with Crippen LogP contribution in [-0.2, 0) is 16.1 Å². The van der Waals surface area contributed by atoms with Crippen molar-refractivity contribution in [1.29, 1.82) is 0 Å². The number of carbonyl (C=O) groups is 2. The summed E-state index contributed by atoms with van der Waals surface area (Å²) in [6, 6.07) is 9.32. The van der Waals surface area contributed by atoms with Gasteiger partial charge in [0.25, 0.3) is 0 Å². The Morgan fingerprint density at radius 3 is 2.78 bits per heavy atom.